The molecular formula is C54H40. The molecular weight excluding hydrogens is 649 g/mol. The van der Waals surface area contributed by atoms with Gasteiger partial charge in [0.05, 0.1) is 0 Å². The monoisotopic (exact) mass is 688 g/mol. The number of rotatable bonds is 3. The quantitative estimate of drug-likeness (QED) is 0.162. The van der Waals surface area contributed by atoms with E-state index in [1.54, 1.807) is 0 Å². The normalized spacial score (nSPS) is 14.6. The van der Waals surface area contributed by atoms with E-state index < -0.39 is 0 Å². The molecule has 9 aromatic carbocycles. The summed E-state index contributed by atoms with van der Waals surface area (Å²) < 4.78 is 0. The Morgan fingerprint density at radius 1 is 0.278 bits per heavy atom. The van der Waals surface area contributed by atoms with Crippen LogP contribution in [0.5, 0.6) is 0 Å². The molecule has 9 aromatic rings. The molecule has 11 rings (SSSR count). The largest absolute Gasteiger partial charge is 0.0622 e. The zero-order valence-corrected chi connectivity index (χ0v) is 31.2. The van der Waals surface area contributed by atoms with Crippen molar-refractivity contribution >= 4 is 32.3 Å². The van der Waals surface area contributed by atoms with E-state index in [0.717, 1.165) is 0 Å². The smallest absolute Gasteiger partial charge is 0.0159 e. The summed E-state index contributed by atoms with van der Waals surface area (Å²) in [5.74, 6) is 0. The molecule has 0 saturated carbocycles. The molecule has 0 amide bonds. The molecule has 0 nitrogen and oxygen atoms in total. The van der Waals surface area contributed by atoms with Gasteiger partial charge in [-0.05, 0) is 141 Å². The van der Waals surface area contributed by atoms with Crippen molar-refractivity contribution < 1.29 is 0 Å². The van der Waals surface area contributed by atoms with E-state index >= 15 is 0 Å². The summed E-state index contributed by atoms with van der Waals surface area (Å²) in [5.41, 5.74) is 18.8. The highest BCUT2D eigenvalue weighted by atomic mass is 14.4. The Labute approximate surface area is 317 Å². The molecule has 0 radical (unpaired) electrons. The third-order valence-electron chi connectivity index (χ3n) is 12.8. The van der Waals surface area contributed by atoms with Crippen LogP contribution in [0.2, 0.25) is 0 Å². The lowest BCUT2D eigenvalue weighted by Crippen LogP contribution is -2.16. The minimum atomic E-state index is -0.0622. The number of hydrogen-bond acceptors (Lipinski definition) is 0. The van der Waals surface area contributed by atoms with Gasteiger partial charge in [0.15, 0.2) is 0 Å². The van der Waals surface area contributed by atoms with E-state index in [0.29, 0.717) is 0 Å². The Morgan fingerprint density at radius 3 is 1.33 bits per heavy atom. The highest BCUT2D eigenvalue weighted by molar-refractivity contribution is 6.21. The first-order valence-corrected chi connectivity index (χ1v) is 19.3. The zero-order chi connectivity index (χ0) is 36.3. The molecule has 0 bridgehead atoms. The van der Waals surface area contributed by atoms with Crippen LogP contribution >= 0.6 is 0 Å². The van der Waals surface area contributed by atoms with Crippen molar-refractivity contribution in [1.29, 1.82) is 0 Å². The molecule has 0 aliphatic heterocycles. The van der Waals surface area contributed by atoms with Crippen LogP contribution in [0.25, 0.3) is 88.0 Å². The SMILES string of the molecule is CC1(C)c2ccccc2-c2cc3c(cc21)-c1cc(-c2ccc4cc(-c5c6ccccc6c(-c6ccccc6)c6ccccc56)ccc4c2)ccc1C3(C)C. The van der Waals surface area contributed by atoms with Gasteiger partial charge in [-0.25, -0.2) is 0 Å². The molecule has 256 valence electrons. The lowest BCUT2D eigenvalue weighted by molar-refractivity contribution is 0.652. The Balaban J connectivity index is 1.02. The summed E-state index contributed by atoms with van der Waals surface area (Å²) >= 11 is 0. The summed E-state index contributed by atoms with van der Waals surface area (Å²) in [5, 5.41) is 7.64. The van der Waals surface area contributed by atoms with E-state index in [9.17, 15) is 0 Å². The Hall–Kier alpha value is -6.24. The summed E-state index contributed by atoms with van der Waals surface area (Å²) in [6, 6.07) is 63.9. The molecule has 0 atom stereocenters. The molecule has 2 aliphatic rings. The molecule has 0 unspecified atom stereocenters. The molecule has 2 aliphatic carbocycles. The maximum Gasteiger partial charge on any atom is 0.0159 e. The lowest BCUT2D eigenvalue weighted by Gasteiger charge is -2.24. The fourth-order valence-corrected chi connectivity index (χ4v) is 10.1. The van der Waals surface area contributed by atoms with E-state index in [1.165, 1.54) is 110 Å². The van der Waals surface area contributed by atoms with Gasteiger partial charge in [-0.2, -0.15) is 0 Å². The average molecular weight is 689 g/mol. The topological polar surface area (TPSA) is 0 Å². The van der Waals surface area contributed by atoms with Crippen molar-refractivity contribution in [3.63, 3.8) is 0 Å². The molecule has 54 heavy (non-hydrogen) atoms. The van der Waals surface area contributed by atoms with Crippen LogP contribution in [0.3, 0.4) is 0 Å². The van der Waals surface area contributed by atoms with Gasteiger partial charge >= 0.3 is 0 Å². The first kappa shape index (κ1) is 31.3. The van der Waals surface area contributed by atoms with Crippen molar-refractivity contribution in [2.45, 2.75) is 38.5 Å². The first-order valence-electron chi connectivity index (χ1n) is 19.3. The Bertz CT molecular complexity index is 2970. The van der Waals surface area contributed by atoms with E-state index in [2.05, 4.69) is 198 Å². The van der Waals surface area contributed by atoms with Crippen LogP contribution < -0.4 is 0 Å². The molecule has 0 spiro atoms. The summed E-state index contributed by atoms with van der Waals surface area (Å²) in [4.78, 5) is 0. The van der Waals surface area contributed by atoms with Crippen LogP contribution in [0, 0.1) is 0 Å². The average Bonchev–Trinajstić information content (AvgIpc) is 3.57. The van der Waals surface area contributed by atoms with Crippen molar-refractivity contribution in [3.05, 3.63) is 192 Å². The third-order valence-corrected chi connectivity index (χ3v) is 12.8. The molecule has 0 aromatic heterocycles. The summed E-state index contributed by atoms with van der Waals surface area (Å²) in [7, 11) is 0. The number of fused-ring (bicyclic) bond motifs is 9. The van der Waals surface area contributed by atoms with E-state index in [-0.39, 0.29) is 10.8 Å². The van der Waals surface area contributed by atoms with Gasteiger partial charge in [0.2, 0.25) is 0 Å². The van der Waals surface area contributed by atoms with Gasteiger partial charge < -0.3 is 0 Å². The van der Waals surface area contributed by atoms with Gasteiger partial charge in [-0.15, -0.1) is 0 Å². The summed E-state index contributed by atoms with van der Waals surface area (Å²) in [6.45, 7) is 9.55. The second-order valence-electron chi connectivity index (χ2n) is 16.5. The molecule has 0 heteroatoms. The highest BCUT2D eigenvalue weighted by Gasteiger charge is 2.41. The molecule has 0 N–H and O–H groups in total. The Kier molecular flexibility index (Phi) is 6.46. The summed E-state index contributed by atoms with van der Waals surface area (Å²) in [6.07, 6.45) is 0. The van der Waals surface area contributed by atoms with Crippen LogP contribution in [-0.4, -0.2) is 0 Å². The van der Waals surface area contributed by atoms with Crippen molar-refractivity contribution in [1.82, 2.24) is 0 Å². The van der Waals surface area contributed by atoms with Gasteiger partial charge in [0.25, 0.3) is 0 Å². The number of hydrogen-bond donors (Lipinski definition) is 0. The van der Waals surface area contributed by atoms with Gasteiger partial charge in [-0.3, -0.25) is 0 Å². The van der Waals surface area contributed by atoms with Gasteiger partial charge in [0.1, 0.15) is 0 Å². The maximum absolute atomic E-state index is 2.52. The van der Waals surface area contributed by atoms with Crippen LogP contribution in [0.1, 0.15) is 49.9 Å². The molecule has 0 saturated heterocycles. The van der Waals surface area contributed by atoms with E-state index in [4.69, 9.17) is 0 Å². The van der Waals surface area contributed by atoms with Crippen molar-refractivity contribution in [2.24, 2.45) is 0 Å². The zero-order valence-electron chi connectivity index (χ0n) is 31.2. The standard InChI is InChI=1S/C54H40/c1-53(2)47-21-13-12-16-39(47)45-31-50-46(32-49(45)53)44-30-37(26-27-48(44)54(50,3)4)35-22-23-36-29-38(25-24-34(36)28-35)52-42-19-10-8-17-40(42)51(33-14-6-5-7-15-33)41-18-9-11-20-43(41)52/h5-32H,1-4H3. The van der Waals surface area contributed by atoms with Crippen LogP contribution in [-0.2, 0) is 10.8 Å². The lowest BCUT2D eigenvalue weighted by atomic mass is 9.79. The molecule has 0 fully saturated rings. The van der Waals surface area contributed by atoms with Crippen molar-refractivity contribution in [3.8, 4) is 55.6 Å². The van der Waals surface area contributed by atoms with Gasteiger partial charge in [0, 0.05) is 10.8 Å². The van der Waals surface area contributed by atoms with Gasteiger partial charge in [-0.1, -0.05) is 167 Å². The predicted octanol–water partition coefficient (Wildman–Crippen LogP) is 14.8. The minimum absolute atomic E-state index is 0.0226. The second kappa shape index (κ2) is 11.1. The number of benzene rings is 9. The fraction of sp³-hybridized carbons (Fsp3) is 0.111. The predicted molar refractivity (Wildman–Crippen MR) is 230 cm³/mol. The van der Waals surface area contributed by atoms with E-state index in [1.807, 2.05) is 0 Å². The highest BCUT2D eigenvalue weighted by Crippen LogP contribution is 2.56. The maximum atomic E-state index is 2.52. The minimum Gasteiger partial charge on any atom is -0.0622 e. The molecule has 0 heterocycles. The van der Waals surface area contributed by atoms with Crippen LogP contribution in [0.4, 0.5) is 0 Å². The van der Waals surface area contributed by atoms with Crippen LogP contribution in [0.15, 0.2) is 170 Å². The Morgan fingerprint density at radius 2 is 0.704 bits per heavy atom. The second-order valence-corrected chi connectivity index (χ2v) is 16.5. The van der Waals surface area contributed by atoms with Crippen molar-refractivity contribution in [2.75, 3.05) is 0 Å². The fourth-order valence-electron chi connectivity index (χ4n) is 10.1. The first-order chi connectivity index (χ1) is 26.3. The third kappa shape index (κ3) is 4.32.